The summed E-state index contributed by atoms with van der Waals surface area (Å²) in [5.74, 6) is 1.44. The average molecular weight is 297 g/mol. The van der Waals surface area contributed by atoms with Crippen LogP contribution in [0.3, 0.4) is 0 Å². The number of ether oxygens (including phenoxy) is 1. The Bertz CT molecular complexity index is 331. The van der Waals surface area contributed by atoms with Crippen molar-refractivity contribution >= 4 is 6.09 Å². The van der Waals surface area contributed by atoms with E-state index in [9.17, 15) is 4.79 Å². The molecule has 122 valence electrons. The predicted octanol–water partition coefficient (Wildman–Crippen LogP) is 1.88. The first-order chi connectivity index (χ1) is 9.94. The Morgan fingerprint density at radius 3 is 2.67 bits per heavy atom. The lowest BCUT2D eigenvalue weighted by Gasteiger charge is -2.27. The summed E-state index contributed by atoms with van der Waals surface area (Å²) < 4.78 is 5.29. The van der Waals surface area contributed by atoms with Crippen LogP contribution in [0.5, 0.6) is 0 Å². The van der Waals surface area contributed by atoms with Crippen molar-refractivity contribution in [2.24, 2.45) is 11.8 Å². The SMILES string of the molecule is CC(C)(C)OC(=O)NCC(NCC1CCCNC1)C1CC1. The van der Waals surface area contributed by atoms with Crippen LogP contribution in [-0.2, 0) is 4.74 Å². The normalized spacial score (nSPS) is 24.4. The molecule has 2 aliphatic rings. The monoisotopic (exact) mass is 297 g/mol. The molecule has 0 aromatic heterocycles. The van der Waals surface area contributed by atoms with Gasteiger partial charge in [0.2, 0.25) is 0 Å². The van der Waals surface area contributed by atoms with Crippen molar-refractivity contribution in [1.82, 2.24) is 16.0 Å². The Kier molecular flexibility index (Phi) is 5.88. The highest BCUT2D eigenvalue weighted by Gasteiger charge is 2.32. The van der Waals surface area contributed by atoms with Crippen molar-refractivity contribution in [2.75, 3.05) is 26.2 Å². The molecule has 2 unspecified atom stereocenters. The summed E-state index contributed by atoms with van der Waals surface area (Å²) in [7, 11) is 0. The lowest BCUT2D eigenvalue weighted by molar-refractivity contribution is 0.0520. The van der Waals surface area contributed by atoms with Gasteiger partial charge in [0.1, 0.15) is 5.60 Å². The average Bonchev–Trinajstić information content (AvgIpc) is 3.22. The minimum Gasteiger partial charge on any atom is -0.444 e. The molecule has 1 amide bonds. The molecular weight excluding hydrogens is 266 g/mol. The van der Waals surface area contributed by atoms with Gasteiger partial charge < -0.3 is 20.7 Å². The quantitative estimate of drug-likeness (QED) is 0.700. The van der Waals surface area contributed by atoms with E-state index in [4.69, 9.17) is 4.74 Å². The maximum atomic E-state index is 11.7. The zero-order valence-corrected chi connectivity index (χ0v) is 13.7. The molecule has 2 rings (SSSR count). The van der Waals surface area contributed by atoms with E-state index in [1.807, 2.05) is 20.8 Å². The molecule has 1 heterocycles. The van der Waals surface area contributed by atoms with E-state index < -0.39 is 5.60 Å². The fraction of sp³-hybridized carbons (Fsp3) is 0.938. The lowest BCUT2D eigenvalue weighted by atomic mass is 9.99. The Morgan fingerprint density at radius 2 is 2.10 bits per heavy atom. The van der Waals surface area contributed by atoms with Crippen molar-refractivity contribution in [3.63, 3.8) is 0 Å². The number of alkyl carbamates (subject to hydrolysis) is 1. The number of carbonyl (C=O) groups excluding carboxylic acids is 1. The van der Waals surface area contributed by atoms with Gasteiger partial charge in [0.05, 0.1) is 0 Å². The first-order valence-electron chi connectivity index (χ1n) is 8.35. The summed E-state index contributed by atoms with van der Waals surface area (Å²) in [5, 5.41) is 10.0. The molecule has 1 saturated carbocycles. The third-order valence-electron chi connectivity index (χ3n) is 4.12. The summed E-state index contributed by atoms with van der Waals surface area (Å²) >= 11 is 0. The number of hydrogen-bond acceptors (Lipinski definition) is 4. The number of carbonyl (C=O) groups is 1. The minimum absolute atomic E-state index is 0.311. The predicted molar refractivity (Wildman–Crippen MR) is 84.3 cm³/mol. The molecule has 5 nitrogen and oxygen atoms in total. The largest absolute Gasteiger partial charge is 0.444 e. The second-order valence-electron chi connectivity index (χ2n) is 7.45. The molecular formula is C16H31N3O2. The van der Waals surface area contributed by atoms with Crippen LogP contribution < -0.4 is 16.0 Å². The Balaban J connectivity index is 1.68. The molecule has 0 aromatic rings. The van der Waals surface area contributed by atoms with Crippen molar-refractivity contribution in [2.45, 2.75) is 58.1 Å². The van der Waals surface area contributed by atoms with Crippen LogP contribution in [-0.4, -0.2) is 43.9 Å². The smallest absolute Gasteiger partial charge is 0.407 e. The first kappa shape index (κ1) is 16.6. The number of hydrogen-bond donors (Lipinski definition) is 3. The highest BCUT2D eigenvalue weighted by Crippen LogP contribution is 2.32. The van der Waals surface area contributed by atoms with Crippen LogP contribution in [0.4, 0.5) is 4.79 Å². The fourth-order valence-electron chi connectivity index (χ4n) is 2.83. The summed E-state index contributed by atoms with van der Waals surface area (Å²) in [6, 6.07) is 0.388. The van der Waals surface area contributed by atoms with Crippen molar-refractivity contribution in [3.8, 4) is 0 Å². The molecule has 21 heavy (non-hydrogen) atoms. The molecule has 1 aliphatic heterocycles. The maximum Gasteiger partial charge on any atom is 0.407 e. The molecule has 0 aromatic carbocycles. The van der Waals surface area contributed by atoms with Crippen LogP contribution in [0.15, 0.2) is 0 Å². The first-order valence-corrected chi connectivity index (χ1v) is 8.35. The molecule has 1 aliphatic carbocycles. The number of nitrogens with one attached hydrogen (secondary N) is 3. The van der Waals surface area contributed by atoms with Gasteiger partial charge in [0.15, 0.2) is 0 Å². The van der Waals surface area contributed by atoms with E-state index in [1.54, 1.807) is 0 Å². The maximum absolute atomic E-state index is 11.7. The summed E-state index contributed by atoms with van der Waals surface area (Å²) in [6.07, 6.45) is 4.81. The van der Waals surface area contributed by atoms with Gasteiger partial charge in [-0.15, -0.1) is 0 Å². The van der Waals surface area contributed by atoms with Gasteiger partial charge in [-0.1, -0.05) is 0 Å². The molecule has 0 radical (unpaired) electrons. The summed E-state index contributed by atoms with van der Waals surface area (Å²) in [6.45, 7) is 9.65. The van der Waals surface area contributed by atoms with Gasteiger partial charge in [-0.2, -0.15) is 0 Å². The van der Waals surface area contributed by atoms with E-state index in [1.165, 1.54) is 25.7 Å². The number of amides is 1. The Morgan fingerprint density at radius 1 is 1.33 bits per heavy atom. The van der Waals surface area contributed by atoms with Gasteiger partial charge in [0, 0.05) is 12.6 Å². The number of rotatable bonds is 6. The van der Waals surface area contributed by atoms with Crippen LogP contribution in [0.1, 0.15) is 46.5 Å². The number of piperidine rings is 1. The fourth-order valence-corrected chi connectivity index (χ4v) is 2.83. The third-order valence-corrected chi connectivity index (χ3v) is 4.12. The van der Waals surface area contributed by atoms with Crippen LogP contribution in [0.25, 0.3) is 0 Å². The van der Waals surface area contributed by atoms with E-state index in [2.05, 4.69) is 16.0 Å². The summed E-state index contributed by atoms with van der Waals surface area (Å²) in [4.78, 5) is 11.7. The zero-order valence-electron chi connectivity index (χ0n) is 13.7. The second-order valence-corrected chi connectivity index (χ2v) is 7.45. The van der Waals surface area contributed by atoms with Gasteiger partial charge in [-0.25, -0.2) is 4.79 Å². The zero-order chi connectivity index (χ0) is 15.3. The third kappa shape index (κ3) is 6.66. The van der Waals surface area contributed by atoms with Gasteiger partial charge in [-0.05, 0) is 77.9 Å². The molecule has 2 fully saturated rings. The molecule has 2 atom stereocenters. The van der Waals surface area contributed by atoms with E-state index in [0.717, 1.165) is 31.5 Å². The molecule has 5 heteroatoms. The second kappa shape index (κ2) is 7.45. The van der Waals surface area contributed by atoms with Crippen LogP contribution >= 0.6 is 0 Å². The van der Waals surface area contributed by atoms with E-state index in [-0.39, 0.29) is 6.09 Å². The van der Waals surface area contributed by atoms with Crippen molar-refractivity contribution < 1.29 is 9.53 Å². The molecule has 1 saturated heterocycles. The minimum atomic E-state index is -0.430. The molecule has 0 spiro atoms. The van der Waals surface area contributed by atoms with E-state index in [0.29, 0.717) is 12.6 Å². The lowest BCUT2D eigenvalue weighted by Crippen LogP contribution is -2.46. The van der Waals surface area contributed by atoms with Gasteiger partial charge >= 0.3 is 6.09 Å². The summed E-state index contributed by atoms with van der Waals surface area (Å²) in [5.41, 5.74) is -0.430. The molecule has 0 bridgehead atoms. The van der Waals surface area contributed by atoms with Gasteiger partial charge in [-0.3, -0.25) is 0 Å². The highest BCUT2D eigenvalue weighted by molar-refractivity contribution is 5.67. The standard InChI is InChI=1S/C16H31N3O2/c1-16(2,3)21-15(20)19-11-14(13-6-7-13)18-10-12-5-4-8-17-9-12/h12-14,17-18H,4-11H2,1-3H3,(H,19,20). The topological polar surface area (TPSA) is 62.4 Å². The van der Waals surface area contributed by atoms with Crippen LogP contribution in [0.2, 0.25) is 0 Å². The highest BCUT2D eigenvalue weighted by atomic mass is 16.6. The van der Waals surface area contributed by atoms with E-state index >= 15 is 0 Å². The Labute approximate surface area is 128 Å². The van der Waals surface area contributed by atoms with Crippen molar-refractivity contribution in [3.05, 3.63) is 0 Å². The van der Waals surface area contributed by atoms with Crippen LogP contribution in [0, 0.1) is 11.8 Å². The van der Waals surface area contributed by atoms with Gasteiger partial charge in [0.25, 0.3) is 0 Å². The van der Waals surface area contributed by atoms with Crippen molar-refractivity contribution in [1.29, 1.82) is 0 Å². The Hall–Kier alpha value is -0.810. The molecule has 3 N–H and O–H groups in total.